The van der Waals surface area contributed by atoms with E-state index < -0.39 is 0 Å². The molecule has 3 heterocycles. The fraction of sp³-hybridized carbons (Fsp3) is 0.250. The van der Waals surface area contributed by atoms with E-state index in [2.05, 4.69) is 50.4 Å². The third kappa shape index (κ3) is 2.25. The largest absolute Gasteiger partial charge is 0.379 e. The Kier molecular flexibility index (Phi) is 2.66. The molecule has 3 aromatic heterocycles. The first-order valence-corrected chi connectivity index (χ1v) is 6.92. The maximum absolute atomic E-state index is 4.62. The van der Waals surface area contributed by atoms with Gasteiger partial charge in [0.1, 0.15) is 5.65 Å². The van der Waals surface area contributed by atoms with Crippen LogP contribution in [0.4, 0.5) is 5.69 Å². The number of hydrogen-bond donors (Lipinski definition) is 1. The Morgan fingerprint density at radius 3 is 3.00 bits per heavy atom. The fourth-order valence-corrected chi connectivity index (χ4v) is 2.42. The van der Waals surface area contributed by atoms with Gasteiger partial charge < -0.3 is 9.72 Å². The van der Waals surface area contributed by atoms with Crippen molar-refractivity contribution in [3.8, 4) is 0 Å². The fourth-order valence-electron chi connectivity index (χ4n) is 2.42. The van der Waals surface area contributed by atoms with E-state index >= 15 is 0 Å². The molecule has 1 radical (unpaired) electrons. The second-order valence-corrected chi connectivity index (χ2v) is 5.26. The van der Waals surface area contributed by atoms with Crippen molar-refractivity contribution in [1.29, 1.82) is 0 Å². The first kappa shape index (κ1) is 11.5. The molecule has 1 saturated carbocycles. The van der Waals surface area contributed by atoms with Crippen LogP contribution in [-0.4, -0.2) is 14.4 Å². The predicted molar refractivity (Wildman–Crippen MR) is 77.6 cm³/mol. The molecule has 0 atom stereocenters. The number of rotatable bonds is 4. The number of nitrogens with one attached hydrogen (secondary N) is 1. The van der Waals surface area contributed by atoms with Gasteiger partial charge in [-0.2, -0.15) is 0 Å². The number of imidazole rings is 1. The summed E-state index contributed by atoms with van der Waals surface area (Å²) in [6, 6.07) is 8.07. The number of hydrogen-bond acceptors (Lipinski definition) is 3. The lowest BCUT2D eigenvalue weighted by atomic mass is 10.2. The van der Waals surface area contributed by atoms with Crippen LogP contribution in [0.2, 0.25) is 0 Å². The lowest BCUT2D eigenvalue weighted by Gasteiger charge is -2.02. The van der Waals surface area contributed by atoms with E-state index in [0.29, 0.717) is 6.54 Å². The van der Waals surface area contributed by atoms with E-state index in [0.717, 1.165) is 22.9 Å². The molecule has 0 unspecified atom stereocenters. The number of pyridine rings is 2. The summed E-state index contributed by atoms with van der Waals surface area (Å²) in [5, 5.41) is 3.32. The van der Waals surface area contributed by atoms with Crippen LogP contribution in [0.3, 0.4) is 0 Å². The van der Waals surface area contributed by atoms with Crippen LogP contribution >= 0.6 is 0 Å². The zero-order valence-corrected chi connectivity index (χ0v) is 11.1. The number of nitrogens with zero attached hydrogens (tertiary/aromatic N) is 3. The zero-order chi connectivity index (χ0) is 13.4. The van der Waals surface area contributed by atoms with Crippen LogP contribution in [-0.2, 0) is 6.54 Å². The standard InChI is InChI=1S/C16H15N4/c1-2-12(1)13-3-4-16-19-15(11-20(16)10-13)9-18-14-5-7-17-8-6-14/h3-7,10-12H,1-2,9H2,(H,17,18). The van der Waals surface area contributed by atoms with Crippen LogP contribution in [0.1, 0.15) is 30.0 Å². The van der Waals surface area contributed by atoms with Crippen LogP contribution in [0.5, 0.6) is 0 Å². The molecule has 4 nitrogen and oxygen atoms in total. The predicted octanol–water partition coefficient (Wildman–Crippen LogP) is 3.02. The second-order valence-electron chi connectivity index (χ2n) is 5.26. The topological polar surface area (TPSA) is 42.2 Å². The Morgan fingerprint density at radius 1 is 1.25 bits per heavy atom. The highest BCUT2D eigenvalue weighted by Gasteiger charge is 2.23. The minimum Gasteiger partial charge on any atom is -0.379 e. The normalized spacial score (nSPS) is 14.6. The van der Waals surface area contributed by atoms with Gasteiger partial charge >= 0.3 is 0 Å². The Hall–Kier alpha value is -2.36. The van der Waals surface area contributed by atoms with Crippen molar-refractivity contribution in [3.05, 3.63) is 60.3 Å². The van der Waals surface area contributed by atoms with Crippen molar-refractivity contribution in [1.82, 2.24) is 14.4 Å². The molecule has 1 aliphatic carbocycles. The van der Waals surface area contributed by atoms with Crippen molar-refractivity contribution < 1.29 is 0 Å². The Morgan fingerprint density at radius 2 is 2.20 bits per heavy atom. The lowest BCUT2D eigenvalue weighted by molar-refractivity contribution is 1.05. The molecule has 99 valence electrons. The summed E-state index contributed by atoms with van der Waals surface area (Å²) in [5.41, 5.74) is 4.48. The Labute approximate surface area is 117 Å². The third-order valence-electron chi connectivity index (χ3n) is 3.67. The summed E-state index contributed by atoms with van der Waals surface area (Å²) in [6.07, 6.45) is 11.5. The molecule has 20 heavy (non-hydrogen) atoms. The van der Waals surface area contributed by atoms with E-state index in [4.69, 9.17) is 0 Å². The second kappa shape index (κ2) is 4.63. The number of fused-ring (bicyclic) bond motifs is 1. The van der Waals surface area contributed by atoms with Crippen molar-refractivity contribution in [3.63, 3.8) is 0 Å². The molecule has 0 aliphatic heterocycles. The summed E-state index contributed by atoms with van der Waals surface area (Å²) >= 11 is 0. The number of aromatic nitrogens is 3. The van der Waals surface area contributed by atoms with Gasteiger partial charge in [-0.15, -0.1) is 0 Å². The van der Waals surface area contributed by atoms with Crippen molar-refractivity contribution in [2.45, 2.75) is 25.3 Å². The van der Waals surface area contributed by atoms with Crippen molar-refractivity contribution >= 4 is 11.3 Å². The first-order valence-electron chi connectivity index (χ1n) is 6.92. The summed E-state index contributed by atoms with van der Waals surface area (Å²) in [4.78, 5) is 8.51. The zero-order valence-electron chi connectivity index (χ0n) is 11.1. The molecule has 1 fully saturated rings. The summed E-state index contributed by atoms with van der Waals surface area (Å²) in [7, 11) is 0. The average molecular weight is 263 g/mol. The van der Waals surface area contributed by atoms with E-state index in [1.165, 1.54) is 18.4 Å². The van der Waals surface area contributed by atoms with Gasteiger partial charge in [0.25, 0.3) is 0 Å². The maximum Gasteiger partial charge on any atom is 0.137 e. The molecule has 1 aliphatic rings. The summed E-state index contributed by atoms with van der Waals surface area (Å²) in [5.74, 6) is 0.774. The molecule has 4 heteroatoms. The molecular weight excluding hydrogens is 248 g/mol. The SMILES string of the molecule is [c]1cc(NCc2cn3cc(C4CC4)ccc3n2)ccn1. The minimum absolute atomic E-state index is 0.707. The van der Waals surface area contributed by atoms with Gasteiger partial charge in [-0.3, -0.25) is 4.98 Å². The van der Waals surface area contributed by atoms with Crippen LogP contribution in [0.15, 0.2) is 42.9 Å². The molecule has 0 amide bonds. The smallest absolute Gasteiger partial charge is 0.137 e. The van der Waals surface area contributed by atoms with Gasteiger partial charge in [0.05, 0.1) is 18.4 Å². The molecule has 0 spiro atoms. The molecule has 0 saturated heterocycles. The monoisotopic (exact) mass is 263 g/mol. The first-order chi connectivity index (χ1) is 9.88. The maximum atomic E-state index is 4.62. The molecule has 4 rings (SSSR count). The molecule has 3 aromatic rings. The van der Waals surface area contributed by atoms with Crippen LogP contribution in [0, 0.1) is 6.20 Å². The van der Waals surface area contributed by atoms with Crippen LogP contribution < -0.4 is 5.32 Å². The van der Waals surface area contributed by atoms with E-state index in [1.807, 2.05) is 12.1 Å². The van der Waals surface area contributed by atoms with E-state index in [9.17, 15) is 0 Å². The Bertz CT molecular complexity index is 729. The van der Waals surface area contributed by atoms with Gasteiger partial charge in [-0.25, -0.2) is 4.98 Å². The third-order valence-corrected chi connectivity index (χ3v) is 3.67. The quantitative estimate of drug-likeness (QED) is 0.786. The average Bonchev–Trinajstić information content (AvgIpc) is 3.26. The van der Waals surface area contributed by atoms with Gasteiger partial charge in [0.2, 0.25) is 0 Å². The summed E-state index contributed by atoms with van der Waals surface area (Å²) in [6.45, 7) is 0.707. The molecule has 1 N–H and O–H groups in total. The lowest BCUT2D eigenvalue weighted by Crippen LogP contribution is -1.99. The highest BCUT2D eigenvalue weighted by molar-refractivity contribution is 5.45. The minimum atomic E-state index is 0.707. The van der Waals surface area contributed by atoms with Crippen molar-refractivity contribution in [2.75, 3.05) is 5.32 Å². The van der Waals surface area contributed by atoms with Gasteiger partial charge in [0.15, 0.2) is 0 Å². The molecular formula is C16H15N4. The van der Waals surface area contributed by atoms with Gasteiger partial charge in [0, 0.05) is 24.3 Å². The van der Waals surface area contributed by atoms with Gasteiger partial charge in [-0.05, 0) is 42.5 Å². The summed E-state index contributed by atoms with van der Waals surface area (Å²) < 4.78 is 2.13. The highest BCUT2D eigenvalue weighted by Crippen LogP contribution is 2.39. The molecule has 0 bridgehead atoms. The Balaban J connectivity index is 1.54. The van der Waals surface area contributed by atoms with Crippen LogP contribution in [0.25, 0.3) is 5.65 Å². The van der Waals surface area contributed by atoms with E-state index in [-0.39, 0.29) is 0 Å². The van der Waals surface area contributed by atoms with Crippen molar-refractivity contribution in [2.24, 2.45) is 0 Å². The highest BCUT2D eigenvalue weighted by atomic mass is 15.0. The number of anilines is 1. The van der Waals surface area contributed by atoms with Gasteiger partial charge in [-0.1, -0.05) is 6.07 Å². The molecule has 0 aromatic carbocycles. The van der Waals surface area contributed by atoms with E-state index in [1.54, 1.807) is 6.20 Å².